The molecular weight excluding hydrogens is 270 g/mol. The number of hydrogen-bond acceptors (Lipinski definition) is 3. The van der Waals surface area contributed by atoms with Crippen LogP contribution in [0.5, 0.6) is 0 Å². The molecule has 1 aliphatic heterocycles. The van der Waals surface area contributed by atoms with Gasteiger partial charge in [0, 0.05) is 37.6 Å². The lowest BCUT2D eigenvalue weighted by Gasteiger charge is -2.17. The number of aromatic nitrogens is 1. The van der Waals surface area contributed by atoms with Crippen molar-refractivity contribution in [1.82, 2.24) is 14.8 Å². The first-order valence-corrected chi connectivity index (χ1v) is 8.22. The molecular formula is C19H27N3. The van der Waals surface area contributed by atoms with Crippen LogP contribution >= 0.6 is 0 Å². The fourth-order valence-electron chi connectivity index (χ4n) is 2.49. The Hall–Kier alpha value is -2.03. The molecule has 0 radical (unpaired) electrons. The molecule has 3 nitrogen and oxygen atoms in total. The molecule has 0 spiro atoms. The van der Waals surface area contributed by atoms with Crippen LogP contribution in [0.4, 0.5) is 0 Å². The number of fused-ring (bicyclic) bond motifs is 1. The quantitative estimate of drug-likeness (QED) is 0.759. The number of rotatable bonds is 5. The molecule has 3 rings (SSSR count). The average molecular weight is 297 g/mol. The third kappa shape index (κ3) is 5.40. The highest BCUT2D eigenvalue weighted by Gasteiger charge is 2.06. The molecule has 0 amide bonds. The van der Waals surface area contributed by atoms with E-state index in [9.17, 15) is 0 Å². The standard InChI is InChI=1S/C10H20N2.C9H7N/c1-3-4-5-6-7-12-9-8-11(2)10-12;1-2-6-9-8(4-1)5-3-7-10-9/h8-9H,3-7,10H2,1-2H3;1-7H. The Balaban J connectivity index is 0.000000162. The molecule has 0 aliphatic carbocycles. The van der Waals surface area contributed by atoms with E-state index in [0.29, 0.717) is 0 Å². The van der Waals surface area contributed by atoms with Gasteiger partial charge in [-0.25, -0.2) is 0 Å². The highest BCUT2D eigenvalue weighted by atomic mass is 15.3. The van der Waals surface area contributed by atoms with Crippen LogP contribution in [0.1, 0.15) is 32.6 Å². The second-order valence-corrected chi connectivity index (χ2v) is 5.77. The van der Waals surface area contributed by atoms with Crippen LogP contribution < -0.4 is 0 Å². The van der Waals surface area contributed by atoms with Crippen LogP contribution in [-0.4, -0.2) is 35.0 Å². The zero-order chi connectivity index (χ0) is 15.6. The molecule has 118 valence electrons. The smallest absolute Gasteiger partial charge is 0.0890 e. The van der Waals surface area contributed by atoms with Crippen LogP contribution in [0, 0.1) is 0 Å². The van der Waals surface area contributed by atoms with E-state index in [1.54, 1.807) is 0 Å². The zero-order valence-electron chi connectivity index (χ0n) is 13.8. The minimum atomic E-state index is 1.06. The van der Waals surface area contributed by atoms with Gasteiger partial charge in [0.2, 0.25) is 0 Å². The van der Waals surface area contributed by atoms with Gasteiger partial charge in [0.1, 0.15) is 0 Å². The predicted molar refractivity (Wildman–Crippen MR) is 94.4 cm³/mol. The first-order chi connectivity index (χ1) is 10.8. The average Bonchev–Trinajstić information content (AvgIpc) is 2.98. The lowest BCUT2D eigenvalue weighted by molar-refractivity contribution is 0.291. The van der Waals surface area contributed by atoms with Gasteiger partial charge in [-0.1, -0.05) is 50.5 Å². The van der Waals surface area contributed by atoms with Gasteiger partial charge in [-0.05, 0) is 18.6 Å². The van der Waals surface area contributed by atoms with Gasteiger partial charge in [0.05, 0.1) is 12.2 Å². The Bertz CT molecular complexity index is 514. The Kier molecular flexibility index (Phi) is 6.75. The molecule has 1 aromatic heterocycles. The molecule has 0 fully saturated rings. The van der Waals surface area contributed by atoms with Crippen molar-refractivity contribution in [3.8, 4) is 0 Å². The monoisotopic (exact) mass is 297 g/mol. The molecule has 1 aromatic carbocycles. The number of benzene rings is 1. The van der Waals surface area contributed by atoms with Crippen molar-refractivity contribution in [3.63, 3.8) is 0 Å². The van der Waals surface area contributed by atoms with E-state index >= 15 is 0 Å². The van der Waals surface area contributed by atoms with Crippen molar-refractivity contribution in [2.45, 2.75) is 32.6 Å². The Labute approximate surface area is 134 Å². The summed E-state index contributed by atoms with van der Waals surface area (Å²) >= 11 is 0. The van der Waals surface area contributed by atoms with E-state index in [4.69, 9.17) is 0 Å². The van der Waals surface area contributed by atoms with Crippen LogP contribution in [-0.2, 0) is 0 Å². The summed E-state index contributed by atoms with van der Waals surface area (Å²) in [4.78, 5) is 8.76. The molecule has 0 saturated heterocycles. The predicted octanol–water partition coefficient (Wildman–Crippen LogP) is 4.48. The summed E-state index contributed by atoms with van der Waals surface area (Å²) in [7, 11) is 2.11. The van der Waals surface area contributed by atoms with Crippen LogP contribution in [0.2, 0.25) is 0 Å². The van der Waals surface area contributed by atoms with Gasteiger partial charge in [0.25, 0.3) is 0 Å². The van der Waals surface area contributed by atoms with Gasteiger partial charge in [-0.2, -0.15) is 0 Å². The molecule has 2 heterocycles. The highest BCUT2D eigenvalue weighted by Crippen LogP contribution is 2.08. The Morgan fingerprint density at radius 1 is 1.00 bits per heavy atom. The van der Waals surface area contributed by atoms with E-state index < -0.39 is 0 Å². The van der Waals surface area contributed by atoms with Gasteiger partial charge in [0.15, 0.2) is 0 Å². The summed E-state index contributed by atoms with van der Waals surface area (Å²) in [6.45, 7) is 4.55. The lowest BCUT2D eigenvalue weighted by Crippen LogP contribution is -2.23. The van der Waals surface area contributed by atoms with Crippen molar-refractivity contribution < 1.29 is 0 Å². The van der Waals surface area contributed by atoms with E-state index in [1.165, 1.54) is 37.6 Å². The molecule has 0 atom stereocenters. The maximum atomic E-state index is 4.18. The van der Waals surface area contributed by atoms with Gasteiger partial charge >= 0.3 is 0 Å². The number of pyridine rings is 1. The van der Waals surface area contributed by atoms with Crippen LogP contribution in [0.15, 0.2) is 55.0 Å². The molecule has 0 bridgehead atoms. The van der Waals surface area contributed by atoms with Gasteiger partial charge in [-0.15, -0.1) is 0 Å². The van der Waals surface area contributed by atoms with E-state index in [2.05, 4.69) is 53.3 Å². The molecule has 1 aliphatic rings. The second kappa shape index (κ2) is 9.08. The van der Waals surface area contributed by atoms with Crippen LogP contribution in [0.3, 0.4) is 0 Å². The molecule has 2 aromatic rings. The van der Waals surface area contributed by atoms with Crippen molar-refractivity contribution in [2.24, 2.45) is 0 Å². The lowest BCUT2D eigenvalue weighted by atomic mass is 10.2. The van der Waals surface area contributed by atoms with E-state index in [-0.39, 0.29) is 0 Å². The molecule has 22 heavy (non-hydrogen) atoms. The fourth-order valence-corrected chi connectivity index (χ4v) is 2.49. The first kappa shape index (κ1) is 16.3. The van der Waals surface area contributed by atoms with E-state index in [1.807, 2.05) is 30.5 Å². The fraction of sp³-hybridized carbons (Fsp3) is 0.421. The minimum Gasteiger partial charge on any atom is -0.362 e. The first-order valence-electron chi connectivity index (χ1n) is 8.22. The third-order valence-electron chi connectivity index (χ3n) is 3.75. The molecule has 0 saturated carbocycles. The highest BCUT2D eigenvalue weighted by molar-refractivity contribution is 5.77. The van der Waals surface area contributed by atoms with Crippen molar-refractivity contribution in [1.29, 1.82) is 0 Å². The summed E-state index contributed by atoms with van der Waals surface area (Å²) in [6, 6.07) is 12.1. The third-order valence-corrected chi connectivity index (χ3v) is 3.75. The minimum absolute atomic E-state index is 1.06. The van der Waals surface area contributed by atoms with Crippen molar-refractivity contribution in [3.05, 3.63) is 55.0 Å². The SMILES string of the molecule is CCCCCCN1C=CN(C)C1.c1ccc2ncccc2c1. The zero-order valence-corrected chi connectivity index (χ0v) is 13.8. The summed E-state index contributed by atoms with van der Waals surface area (Å²) in [5.41, 5.74) is 1.06. The van der Waals surface area contributed by atoms with Gasteiger partial charge < -0.3 is 9.80 Å². The molecule has 3 heteroatoms. The maximum absolute atomic E-state index is 4.18. The Morgan fingerprint density at radius 3 is 2.55 bits per heavy atom. The maximum Gasteiger partial charge on any atom is 0.0890 e. The normalized spacial score (nSPS) is 13.4. The van der Waals surface area contributed by atoms with Crippen molar-refractivity contribution in [2.75, 3.05) is 20.3 Å². The van der Waals surface area contributed by atoms with Gasteiger partial charge in [-0.3, -0.25) is 4.98 Å². The summed E-state index contributed by atoms with van der Waals surface area (Å²) in [5.74, 6) is 0. The number of para-hydroxylation sites is 1. The van der Waals surface area contributed by atoms with Crippen LogP contribution in [0.25, 0.3) is 10.9 Å². The molecule has 0 N–H and O–H groups in total. The largest absolute Gasteiger partial charge is 0.362 e. The number of unbranched alkanes of at least 4 members (excludes halogenated alkanes) is 3. The molecule has 0 unspecified atom stereocenters. The Morgan fingerprint density at radius 2 is 1.82 bits per heavy atom. The topological polar surface area (TPSA) is 19.4 Å². The second-order valence-electron chi connectivity index (χ2n) is 5.77. The summed E-state index contributed by atoms with van der Waals surface area (Å²) in [6.07, 6.45) is 11.6. The summed E-state index contributed by atoms with van der Waals surface area (Å²) < 4.78 is 0. The van der Waals surface area contributed by atoms with E-state index in [0.717, 1.165) is 12.2 Å². The number of nitrogens with zero attached hydrogens (tertiary/aromatic N) is 3. The summed E-state index contributed by atoms with van der Waals surface area (Å²) in [5, 5.41) is 1.20. The number of hydrogen-bond donors (Lipinski definition) is 0. The van der Waals surface area contributed by atoms with Crippen molar-refractivity contribution >= 4 is 10.9 Å².